The average molecular weight is 302 g/mol. The predicted octanol–water partition coefficient (Wildman–Crippen LogP) is 4.88. The highest BCUT2D eigenvalue weighted by atomic mass is 16.4. The van der Waals surface area contributed by atoms with Crippen molar-refractivity contribution in [2.45, 2.75) is 64.8 Å². The average Bonchev–Trinajstić information content (AvgIpc) is 2.89. The maximum Gasteiger partial charge on any atom is 0.372 e. The van der Waals surface area contributed by atoms with Crippen molar-refractivity contribution >= 4 is 17.0 Å². The minimum absolute atomic E-state index is 0.157. The summed E-state index contributed by atoms with van der Waals surface area (Å²) in [5.41, 5.74) is 1.68. The molecule has 120 valence electrons. The number of benzene rings is 1. The van der Waals surface area contributed by atoms with Gasteiger partial charge in [0.25, 0.3) is 0 Å². The van der Waals surface area contributed by atoms with Crippen LogP contribution in [0, 0.1) is 0 Å². The molecule has 0 saturated heterocycles. The van der Waals surface area contributed by atoms with Crippen molar-refractivity contribution in [1.29, 1.82) is 0 Å². The van der Waals surface area contributed by atoms with E-state index in [2.05, 4.69) is 11.9 Å². The van der Waals surface area contributed by atoms with Gasteiger partial charge in [-0.15, -0.1) is 0 Å². The molecule has 0 radical (unpaired) electrons. The van der Waals surface area contributed by atoms with Crippen molar-refractivity contribution in [3.63, 3.8) is 0 Å². The third kappa shape index (κ3) is 4.33. The largest absolute Gasteiger partial charge is 0.475 e. The number of aromatic carboxylic acids is 1. The summed E-state index contributed by atoms with van der Waals surface area (Å²) in [5.74, 6) is -0.792. The molecule has 0 saturated carbocycles. The molecule has 0 atom stereocenters. The molecule has 0 aliphatic rings. The van der Waals surface area contributed by atoms with E-state index in [-0.39, 0.29) is 5.82 Å². The Balaban J connectivity index is 1.86. The van der Waals surface area contributed by atoms with Crippen LogP contribution in [0.1, 0.15) is 68.9 Å². The summed E-state index contributed by atoms with van der Waals surface area (Å²) in [4.78, 5) is 15.6. The van der Waals surface area contributed by atoms with Gasteiger partial charge in [-0.05, 0) is 18.6 Å². The summed E-state index contributed by atoms with van der Waals surface area (Å²) >= 11 is 0. The third-order valence-corrected chi connectivity index (χ3v) is 4.08. The quantitative estimate of drug-likeness (QED) is 0.637. The molecule has 2 aromatic rings. The molecule has 0 aliphatic heterocycles. The first-order chi connectivity index (χ1) is 10.7. The Morgan fingerprint density at radius 2 is 1.68 bits per heavy atom. The molecule has 22 heavy (non-hydrogen) atoms. The van der Waals surface area contributed by atoms with Gasteiger partial charge in [-0.1, -0.05) is 64.0 Å². The Bertz CT molecular complexity index is 604. The zero-order chi connectivity index (χ0) is 15.8. The van der Waals surface area contributed by atoms with Crippen LogP contribution in [0.2, 0.25) is 0 Å². The van der Waals surface area contributed by atoms with Crippen molar-refractivity contribution in [1.82, 2.24) is 9.55 Å². The van der Waals surface area contributed by atoms with Gasteiger partial charge in [0.05, 0.1) is 11.0 Å². The van der Waals surface area contributed by atoms with Crippen LogP contribution in [-0.2, 0) is 6.54 Å². The van der Waals surface area contributed by atoms with Gasteiger partial charge in [0.15, 0.2) is 0 Å². The van der Waals surface area contributed by atoms with E-state index < -0.39 is 5.97 Å². The van der Waals surface area contributed by atoms with E-state index in [4.69, 9.17) is 0 Å². The van der Waals surface area contributed by atoms with Gasteiger partial charge in [-0.2, -0.15) is 0 Å². The topological polar surface area (TPSA) is 55.1 Å². The van der Waals surface area contributed by atoms with Crippen molar-refractivity contribution in [2.24, 2.45) is 0 Å². The highest BCUT2D eigenvalue weighted by molar-refractivity contribution is 5.89. The van der Waals surface area contributed by atoms with E-state index in [1.165, 1.54) is 38.5 Å². The Morgan fingerprint density at radius 3 is 2.36 bits per heavy atom. The first-order valence-corrected chi connectivity index (χ1v) is 8.42. The van der Waals surface area contributed by atoms with Gasteiger partial charge in [0.1, 0.15) is 0 Å². The van der Waals surface area contributed by atoms with Crippen LogP contribution in [0.25, 0.3) is 11.0 Å². The van der Waals surface area contributed by atoms with E-state index in [0.29, 0.717) is 0 Å². The maximum atomic E-state index is 11.3. The summed E-state index contributed by atoms with van der Waals surface area (Å²) in [6.07, 6.45) is 9.96. The summed E-state index contributed by atoms with van der Waals surface area (Å²) in [5, 5.41) is 9.31. The van der Waals surface area contributed by atoms with Crippen LogP contribution in [-0.4, -0.2) is 20.6 Å². The van der Waals surface area contributed by atoms with Gasteiger partial charge >= 0.3 is 5.97 Å². The number of para-hydroxylation sites is 2. The van der Waals surface area contributed by atoms with Crippen LogP contribution >= 0.6 is 0 Å². The molecular formula is C18H26N2O2. The molecule has 1 heterocycles. The molecular weight excluding hydrogens is 276 g/mol. The number of fused-ring (bicyclic) bond motifs is 1. The van der Waals surface area contributed by atoms with E-state index in [9.17, 15) is 9.90 Å². The lowest BCUT2D eigenvalue weighted by molar-refractivity contribution is 0.0678. The molecule has 1 aromatic heterocycles. The van der Waals surface area contributed by atoms with Crippen LogP contribution < -0.4 is 0 Å². The number of rotatable bonds is 10. The lowest BCUT2D eigenvalue weighted by Crippen LogP contribution is -2.10. The first-order valence-electron chi connectivity index (χ1n) is 8.42. The van der Waals surface area contributed by atoms with Crippen LogP contribution in [0.5, 0.6) is 0 Å². The minimum Gasteiger partial charge on any atom is -0.475 e. The van der Waals surface area contributed by atoms with E-state index in [1.807, 2.05) is 28.8 Å². The number of carboxylic acid groups (broad SMARTS) is 1. The lowest BCUT2D eigenvalue weighted by atomic mass is 10.1. The maximum absolute atomic E-state index is 11.3. The van der Waals surface area contributed by atoms with Gasteiger partial charge in [0.2, 0.25) is 5.82 Å². The zero-order valence-corrected chi connectivity index (χ0v) is 13.4. The lowest BCUT2D eigenvalue weighted by Gasteiger charge is -2.07. The van der Waals surface area contributed by atoms with Crippen molar-refractivity contribution in [3.05, 3.63) is 30.1 Å². The number of hydrogen-bond acceptors (Lipinski definition) is 2. The second-order valence-corrected chi connectivity index (χ2v) is 5.86. The third-order valence-electron chi connectivity index (χ3n) is 4.08. The number of carboxylic acids is 1. The fourth-order valence-electron chi connectivity index (χ4n) is 2.87. The fourth-order valence-corrected chi connectivity index (χ4v) is 2.87. The highest BCUT2D eigenvalue weighted by Gasteiger charge is 2.15. The van der Waals surface area contributed by atoms with Crippen LogP contribution in [0.15, 0.2) is 24.3 Å². The number of aryl methyl sites for hydroxylation is 1. The van der Waals surface area contributed by atoms with Gasteiger partial charge in [-0.25, -0.2) is 9.78 Å². The molecule has 1 N–H and O–H groups in total. The van der Waals surface area contributed by atoms with Gasteiger partial charge < -0.3 is 9.67 Å². The van der Waals surface area contributed by atoms with E-state index in [0.717, 1.165) is 30.4 Å². The molecule has 0 spiro atoms. The second kappa shape index (κ2) is 8.57. The zero-order valence-electron chi connectivity index (χ0n) is 13.4. The number of aromatic nitrogens is 2. The summed E-state index contributed by atoms with van der Waals surface area (Å²) < 4.78 is 1.84. The smallest absolute Gasteiger partial charge is 0.372 e. The first kappa shape index (κ1) is 16.5. The summed E-state index contributed by atoms with van der Waals surface area (Å²) in [6.45, 7) is 2.96. The molecule has 4 heteroatoms. The molecule has 0 fully saturated rings. The molecule has 1 aromatic carbocycles. The molecule has 0 amide bonds. The van der Waals surface area contributed by atoms with Crippen LogP contribution in [0.4, 0.5) is 0 Å². The number of unbranched alkanes of at least 4 members (excludes halogenated alkanes) is 7. The number of nitrogens with zero attached hydrogens (tertiary/aromatic N) is 2. The normalized spacial score (nSPS) is 11.1. The predicted molar refractivity (Wildman–Crippen MR) is 89.3 cm³/mol. The molecule has 4 nitrogen and oxygen atoms in total. The molecule has 0 bridgehead atoms. The number of carbonyl (C=O) groups is 1. The Kier molecular flexibility index (Phi) is 6.44. The minimum atomic E-state index is -0.948. The second-order valence-electron chi connectivity index (χ2n) is 5.86. The molecule has 0 unspecified atom stereocenters. The van der Waals surface area contributed by atoms with Crippen molar-refractivity contribution in [3.8, 4) is 0 Å². The highest BCUT2D eigenvalue weighted by Crippen LogP contribution is 2.18. The SMILES string of the molecule is CCCCCCCCCCn1c(C(=O)O)nc2ccccc21. The summed E-state index contributed by atoms with van der Waals surface area (Å²) in [7, 11) is 0. The van der Waals surface area contributed by atoms with Crippen molar-refractivity contribution < 1.29 is 9.90 Å². The molecule has 0 aliphatic carbocycles. The van der Waals surface area contributed by atoms with Crippen LogP contribution in [0.3, 0.4) is 0 Å². The number of hydrogen-bond donors (Lipinski definition) is 1. The Labute approximate surface area is 132 Å². The van der Waals surface area contributed by atoms with Crippen molar-refractivity contribution in [2.75, 3.05) is 0 Å². The van der Waals surface area contributed by atoms with Gasteiger partial charge in [0, 0.05) is 6.54 Å². The van der Waals surface area contributed by atoms with E-state index in [1.54, 1.807) is 0 Å². The molecule has 2 rings (SSSR count). The Morgan fingerprint density at radius 1 is 1.05 bits per heavy atom. The standard InChI is InChI=1S/C18H26N2O2/c1-2-3-4-5-6-7-8-11-14-20-16-13-10-9-12-15(16)19-17(20)18(21)22/h9-10,12-13H,2-8,11,14H2,1H3,(H,21,22). The summed E-state index contributed by atoms with van der Waals surface area (Å²) in [6, 6.07) is 7.63. The van der Waals surface area contributed by atoms with Gasteiger partial charge in [-0.3, -0.25) is 0 Å². The van der Waals surface area contributed by atoms with E-state index >= 15 is 0 Å². The monoisotopic (exact) mass is 302 g/mol. The Hall–Kier alpha value is -1.84. The fraction of sp³-hybridized carbons (Fsp3) is 0.556. The number of imidazole rings is 1.